The van der Waals surface area contributed by atoms with Gasteiger partial charge in [-0.05, 0) is 29.3 Å². The lowest BCUT2D eigenvalue weighted by Gasteiger charge is -2.21. The van der Waals surface area contributed by atoms with E-state index in [9.17, 15) is 8.42 Å². The Kier molecular flexibility index (Phi) is 5.35. The standard InChI is InChI=1S/C27H22N2O2S/c30-32(31,22-16-8-3-9-17-22)29-27(21-14-6-2-7-15-21)25-23-18-10-11-19-24(23)28-26(25)20-12-4-1-5-13-20/h1-19,27-29H. The van der Waals surface area contributed by atoms with Crippen LogP contribution in [0.25, 0.3) is 22.2 Å². The summed E-state index contributed by atoms with van der Waals surface area (Å²) in [5, 5.41) is 0.982. The summed E-state index contributed by atoms with van der Waals surface area (Å²) in [6.45, 7) is 0. The molecule has 1 atom stereocenters. The summed E-state index contributed by atoms with van der Waals surface area (Å²) in [6, 6.07) is 35.6. The van der Waals surface area contributed by atoms with Crippen LogP contribution < -0.4 is 4.72 Å². The van der Waals surface area contributed by atoms with Crippen molar-refractivity contribution in [2.75, 3.05) is 0 Å². The second-order valence-corrected chi connectivity index (χ2v) is 9.32. The zero-order chi connectivity index (χ0) is 22.0. The first-order chi connectivity index (χ1) is 15.6. The number of sulfonamides is 1. The Morgan fingerprint density at radius 2 is 1.22 bits per heavy atom. The van der Waals surface area contributed by atoms with Crippen molar-refractivity contribution in [3.05, 3.63) is 126 Å². The number of aromatic amines is 1. The minimum atomic E-state index is -3.77. The fourth-order valence-corrected chi connectivity index (χ4v) is 5.27. The largest absolute Gasteiger partial charge is 0.354 e. The van der Waals surface area contributed by atoms with Gasteiger partial charge in [0.15, 0.2) is 0 Å². The van der Waals surface area contributed by atoms with Crippen LogP contribution in [0.1, 0.15) is 17.2 Å². The topological polar surface area (TPSA) is 62.0 Å². The van der Waals surface area contributed by atoms with Crippen molar-refractivity contribution in [2.24, 2.45) is 0 Å². The Bertz CT molecular complexity index is 1450. The highest BCUT2D eigenvalue weighted by atomic mass is 32.2. The highest BCUT2D eigenvalue weighted by molar-refractivity contribution is 7.89. The van der Waals surface area contributed by atoms with Crippen LogP contribution in [-0.2, 0) is 10.0 Å². The third-order valence-corrected chi connectivity index (χ3v) is 7.00. The Labute approximate surface area is 187 Å². The summed E-state index contributed by atoms with van der Waals surface area (Å²) in [6.07, 6.45) is 0. The molecule has 4 nitrogen and oxygen atoms in total. The number of fused-ring (bicyclic) bond motifs is 1. The SMILES string of the molecule is O=S(=O)(NC(c1ccccc1)c1c(-c2ccccc2)[nH]c2ccccc12)c1ccccc1. The molecule has 32 heavy (non-hydrogen) atoms. The van der Waals surface area contributed by atoms with Crippen LogP contribution in [0.2, 0.25) is 0 Å². The molecule has 1 heterocycles. The van der Waals surface area contributed by atoms with Crippen molar-refractivity contribution in [2.45, 2.75) is 10.9 Å². The molecule has 5 heteroatoms. The van der Waals surface area contributed by atoms with Crippen LogP contribution in [0.4, 0.5) is 0 Å². The molecule has 4 aromatic carbocycles. The Morgan fingerprint density at radius 1 is 0.656 bits per heavy atom. The molecule has 0 aliphatic heterocycles. The first-order valence-electron chi connectivity index (χ1n) is 10.4. The molecule has 1 aromatic heterocycles. The van der Waals surface area contributed by atoms with Gasteiger partial charge in [0.1, 0.15) is 0 Å². The Balaban J connectivity index is 1.74. The van der Waals surface area contributed by atoms with E-state index in [0.717, 1.165) is 33.3 Å². The van der Waals surface area contributed by atoms with Gasteiger partial charge in [-0.3, -0.25) is 0 Å². The molecule has 0 saturated heterocycles. The van der Waals surface area contributed by atoms with Gasteiger partial charge in [-0.1, -0.05) is 97.1 Å². The number of H-pyrrole nitrogens is 1. The van der Waals surface area contributed by atoms with Gasteiger partial charge in [0.25, 0.3) is 0 Å². The number of benzene rings is 4. The molecule has 0 amide bonds. The minimum absolute atomic E-state index is 0.238. The number of nitrogens with one attached hydrogen (secondary N) is 2. The van der Waals surface area contributed by atoms with Gasteiger partial charge in [0.05, 0.1) is 16.6 Å². The first kappa shape index (κ1) is 20.2. The molecule has 5 rings (SSSR count). The van der Waals surface area contributed by atoms with Gasteiger partial charge in [0.2, 0.25) is 10.0 Å². The minimum Gasteiger partial charge on any atom is -0.354 e. The van der Waals surface area contributed by atoms with Crippen molar-refractivity contribution in [3.8, 4) is 11.3 Å². The maximum atomic E-state index is 13.4. The van der Waals surface area contributed by atoms with Crippen LogP contribution in [-0.4, -0.2) is 13.4 Å². The monoisotopic (exact) mass is 438 g/mol. The normalized spacial score (nSPS) is 12.6. The number of rotatable bonds is 6. The fraction of sp³-hybridized carbons (Fsp3) is 0.0370. The van der Waals surface area contributed by atoms with E-state index < -0.39 is 16.1 Å². The maximum Gasteiger partial charge on any atom is 0.241 e. The molecule has 5 aromatic rings. The zero-order valence-electron chi connectivity index (χ0n) is 17.3. The van der Waals surface area contributed by atoms with Crippen molar-refractivity contribution in [1.29, 1.82) is 0 Å². The van der Waals surface area contributed by atoms with E-state index in [2.05, 4.69) is 9.71 Å². The highest BCUT2D eigenvalue weighted by Crippen LogP contribution is 2.38. The molecule has 0 spiro atoms. The third kappa shape index (κ3) is 3.84. The maximum absolute atomic E-state index is 13.4. The average Bonchev–Trinajstić information content (AvgIpc) is 3.24. The van der Waals surface area contributed by atoms with Crippen LogP contribution in [0.5, 0.6) is 0 Å². The van der Waals surface area contributed by atoms with E-state index >= 15 is 0 Å². The van der Waals surface area contributed by atoms with Gasteiger partial charge in [-0.25, -0.2) is 8.42 Å². The summed E-state index contributed by atoms with van der Waals surface area (Å²) in [7, 11) is -3.77. The lowest BCUT2D eigenvalue weighted by Crippen LogP contribution is -2.29. The van der Waals surface area contributed by atoms with Crippen molar-refractivity contribution in [1.82, 2.24) is 9.71 Å². The van der Waals surface area contributed by atoms with Crippen molar-refractivity contribution in [3.63, 3.8) is 0 Å². The van der Waals surface area contributed by atoms with Crippen molar-refractivity contribution < 1.29 is 8.42 Å². The molecular formula is C27H22N2O2S. The average molecular weight is 439 g/mol. The molecule has 0 saturated carbocycles. The number of para-hydroxylation sites is 1. The molecular weight excluding hydrogens is 416 g/mol. The predicted octanol–water partition coefficient (Wildman–Crippen LogP) is 5.90. The molecule has 0 aliphatic carbocycles. The molecule has 0 aliphatic rings. The van der Waals surface area contributed by atoms with E-state index in [1.807, 2.05) is 84.9 Å². The van der Waals surface area contributed by atoms with Crippen LogP contribution >= 0.6 is 0 Å². The molecule has 0 radical (unpaired) electrons. The van der Waals surface area contributed by atoms with Gasteiger partial charge in [-0.2, -0.15) is 4.72 Å². The summed E-state index contributed by atoms with van der Waals surface area (Å²) >= 11 is 0. The summed E-state index contributed by atoms with van der Waals surface area (Å²) < 4.78 is 29.7. The number of hydrogen-bond acceptors (Lipinski definition) is 2. The van der Waals surface area contributed by atoms with E-state index in [0.29, 0.717) is 0 Å². The van der Waals surface area contributed by atoms with Crippen LogP contribution in [0.3, 0.4) is 0 Å². The molecule has 0 fully saturated rings. The van der Waals surface area contributed by atoms with Gasteiger partial charge in [-0.15, -0.1) is 0 Å². The Hall–Kier alpha value is -3.67. The summed E-state index contributed by atoms with van der Waals surface area (Å²) in [4.78, 5) is 3.76. The third-order valence-electron chi connectivity index (χ3n) is 5.56. The van der Waals surface area contributed by atoms with Gasteiger partial charge < -0.3 is 4.98 Å². The lowest BCUT2D eigenvalue weighted by atomic mass is 9.94. The summed E-state index contributed by atoms with van der Waals surface area (Å²) in [5.41, 5.74) is 4.63. The smallest absolute Gasteiger partial charge is 0.241 e. The second kappa shape index (κ2) is 8.46. The molecule has 0 bridgehead atoms. The summed E-state index contributed by atoms with van der Waals surface area (Å²) in [5.74, 6) is 0. The van der Waals surface area contributed by atoms with E-state index in [-0.39, 0.29) is 4.90 Å². The first-order valence-corrected chi connectivity index (χ1v) is 11.9. The van der Waals surface area contributed by atoms with E-state index in [1.54, 1.807) is 30.3 Å². The van der Waals surface area contributed by atoms with Crippen LogP contribution in [0, 0.1) is 0 Å². The van der Waals surface area contributed by atoms with Crippen LogP contribution in [0.15, 0.2) is 120 Å². The van der Waals surface area contributed by atoms with E-state index in [4.69, 9.17) is 0 Å². The lowest BCUT2D eigenvalue weighted by molar-refractivity contribution is 0.573. The number of aromatic nitrogens is 1. The Morgan fingerprint density at radius 3 is 1.91 bits per heavy atom. The molecule has 2 N–H and O–H groups in total. The zero-order valence-corrected chi connectivity index (χ0v) is 18.1. The quantitative estimate of drug-likeness (QED) is 0.347. The van der Waals surface area contributed by atoms with Gasteiger partial charge >= 0.3 is 0 Å². The molecule has 158 valence electrons. The molecule has 1 unspecified atom stereocenters. The van der Waals surface area contributed by atoms with Crippen molar-refractivity contribution >= 4 is 20.9 Å². The highest BCUT2D eigenvalue weighted by Gasteiger charge is 2.28. The predicted molar refractivity (Wildman–Crippen MR) is 129 cm³/mol. The fourth-order valence-electron chi connectivity index (χ4n) is 4.06. The second-order valence-electron chi connectivity index (χ2n) is 7.60. The van der Waals surface area contributed by atoms with E-state index in [1.165, 1.54) is 0 Å². The van der Waals surface area contributed by atoms with Gasteiger partial charge in [0, 0.05) is 16.5 Å². The number of hydrogen-bond donors (Lipinski definition) is 2.